The summed E-state index contributed by atoms with van der Waals surface area (Å²) in [5.41, 5.74) is 5.33. The van der Waals surface area contributed by atoms with Crippen molar-refractivity contribution in [1.82, 2.24) is 10.6 Å². The summed E-state index contributed by atoms with van der Waals surface area (Å²) in [6.07, 6.45) is 0. The number of likely N-dealkylation sites (N-methyl/N-ethyl adjacent to an activating group) is 2. The van der Waals surface area contributed by atoms with E-state index in [0.717, 1.165) is 0 Å². The summed E-state index contributed by atoms with van der Waals surface area (Å²) in [5.74, 6) is 0. The molecule has 0 fully saturated rings. The van der Waals surface area contributed by atoms with Crippen LogP contribution >= 0.6 is 0 Å². The summed E-state index contributed by atoms with van der Waals surface area (Å²) in [7, 11) is 4.06. The smallest absolute Gasteiger partial charge is 0 e. The van der Waals surface area contributed by atoms with E-state index in [-0.39, 0.29) is 46.8 Å². The zero-order chi connectivity index (χ0) is 26.5. The topological polar surface area (TPSA) is 143 Å². The van der Waals surface area contributed by atoms with Crippen LogP contribution < -0.4 is 10.6 Å². The van der Waals surface area contributed by atoms with Crippen LogP contribution in [0.25, 0.3) is 0 Å². The van der Waals surface area contributed by atoms with Gasteiger partial charge in [-0.05, 0) is 50.2 Å². The predicted octanol–water partition coefficient (Wildman–Crippen LogP) is 3.29. The molecule has 2 N–H and O–H groups in total. The fraction of sp³-hybridized carbons (Fsp3) is 0.250. The Labute approximate surface area is 223 Å². The molecule has 0 saturated heterocycles. The Morgan fingerprint density at radius 2 is 0.706 bits per heavy atom. The van der Waals surface area contributed by atoms with Crippen LogP contribution in [0.5, 0.6) is 0 Å². The molecular formula is C24H24Cr2N2O6. The molecule has 0 saturated carbocycles. The summed E-state index contributed by atoms with van der Waals surface area (Å²) in [4.78, 5) is 0. The minimum Gasteiger partial charge on any atom is 0 e. The van der Waals surface area contributed by atoms with E-state index in [2.05, 4.69) is 113 Å². The van der Waals surface area contributed by atoms with Crippen molar-refractivity contribution in [2.75, 3.05) is 14.1 Å². The van der Waals surface area contributed by atoms with Gasteiger partial charge in [0.25, 0.3) is 0 Å². The van der Waals surface area contributed by atoms with E-state index >= 15 is 0 Å². The molecule has 0 amide bonds. The first-order valence-corrected chi connectivity index (χ1v) is 8.37. The van der Waals surface area contributed by atoms with E-state index in [0.29, 0.717) is 0 Å². The van der Waals surface area contributed by atoms with Crippen LogP contribution in [-0.2, 0) is 62.6 Å². The number of nitrogens with one attached hydrogen (secondary N) is 2. The Morgan fingerprint density at radius 3 is 0.882 bits per heavy atom. The molecule has 2 aromatic rings. The van der Waals surface area contributed by atoms with Crippen molar-refractivity contribution in [3.05, 3.63) is 111 Å². The minimum atomic E-state index is 0. The summed E-state index contributed by atoms with van der Waals surface area (Å²) >= 11 is 0. The first-order valence-electron chi connectivity index (χ1n) is 8.37. The molecule has 0 spiro atoms. The van der Waals surface area contributed by atoms with E-state index in [1.165, 1.54) is 22.3 Å². The van der Waals surface area contributed by atoms with Crippen molar-refractivity contribution >= 4 is 0 Å². The van der Waals surface area contributed by atoms with Crippen molar-refractivity contribution in [2.45, 2.75) is 25.9 Å². The van der Waals surface area contributed by atoms with Gasteiger partial charge in [-0.25, -0.2) is 0 Å². The quantitative estimate of drug-likeness (QED) is 0.443. The average molecular weight is 540 g/mol. The summed E-state index contributed by atoms with van der Waals surface area (Å²) in [6, 6.07) is 17.7. The third kappa shape index (κ3) is 19.3. The van der Waals surface area contributed by atoms with Gasteiger partial charge in [-0.1, -0.05) is 48.5 Å². The maximum atomic E-state index is 7.50. The number of hydrogen-bond donors (Lipinski definition) is 2. The Balaban J connectivity index is -0.0000000911. The van der Waals surface area contributed by atoms with E-state index in [1.807, 2.05) is 14.1 Å². The van der Waals surface area contributed by atoms with Crippen molar-refractivity contribution in [2.24, 2.45) is 0 Å². The largest absolute Gasteiger partial charge is 0 e. The SMILES string of the molecule is CN[C@H](c1ccccc1C)[C@H](NC)c1ccccc1C.[C-]#[O+].[C-]#[O+].[C-]#[O+].[C-]#[O+].[C-]#[O+].[C-]#[O+].[Cr].[Cr]. The molecule has 2 rings (SSSR count). The van der Waals surface area contributed by atoms with Crippen LogP contribution in [0.1, 0.15) is 34.3 Å². The zero-order valence-corrected chi connectivity index (χ0v) is 21.6. The number of hydrogen-bond acceptors (Lipinski definition) is 2. The second-order valence-corrected chi connectivity index (χ2v) is 5.25. The Hall–Kier alpha value is -2.14. The first-order chi connectivity index (χ1) is 15.7. The van der Waals surface area contributed by atoms with Crippen LogP contribution in [0.4, 0.5) is 0 Å². The van der Waals surface area contributed by atoms with Crippen LogP contribution in [0, 0.1) is 53.7 Å². The molecule has 10 heteroatoms. The van der Waals surface area contributed by atoms with E-state index in [4.69, 9.17) is 27.9 Å². The second-order valence-electron chi connectivity index (χ2n) is 5.25. The predicted molar refractivity (Wildman–Crippen MR) is 110 cm³/mol. The molecule has 8 nitrogen and oxygen atoms in total. The summed E-state index contributed by atoms with van der Waals surface area (Å²) < 4.78 is 45.0. The number of benzene rings is 2. The molecule has 34 heavy (non-hydrogen) atoms. The molecule has 0 aliphatic rings. The fourth-order valence-corrected chi connectivity index (χ4v) is 2.87. The van der Waals surface area contributed by atoms with E-state index in [1.54, 1.807) is 0 Å². The standard InChI is InChI=1S/C18H24N2.6CO.2Cr/c1-13-9-5-7-11-15(13)17(19-3)18(20-4)16-12-8-6-10-14(16)2;6*1-2;;/h5-12,17-20H,1-4H3;;;;;;;;/t17-,18-;;;;;;;;/m1......../s1. The van der Waals surface area contributed by atoms with Gasteiger partial charge >= 0.3 is 67.8 Å². The Kier molecular flexibility index (Phi) is 59.4. The van der Waals surface area contributed by atoms with Gasteiger partial charge in [0.15, 0.2) is 0 Å². The monoisotopic (exact) mass is 540 g/mol. The van der Waals surface area contributed by atoms with Crippen LogP contribution in [0.15, 0.2) is 48.5 Å². The number of aryl methyl sites for hydroxylation is 2. The molecule has 178 valence electrons. The third-order valence-corrected chi connectivity index (χ3v) is 4.00. The van der Waals surface area contributed by atoms with Gasteiger partial charge < -0.3 is 10.6 Å². The van der Waals surface area contributed by atoms with Crippen molar-refractivity contribution < 1.29 is 62.6 Å². The molecule has 0 bridgehead atoms. The Bertz CT molecular complexity index is 735. The van der Waals surface area contributed by atoms with Gasteiger partial charge in [0.2, 0.25) is 0 Å². The molecule has 0 radical (unpaired) electrons. The van der Waals surface area contributed by atoms with Crippen LogP contribution in [-0.4, -0.2) is 14.1 Å². The molecule has 0 unspecified atom stereocenters. The molecule has 2 aromatic carbocycles. The molecule has 0 heterocycles. The molecular weight excluding hydrogens is 516 g/mol. The zero-order valence-electron chi connectivity index (χ0n) is 19.0. The molecule has 2 atom stereocenters. The van der Waals surface area contributed by atoms with Crippen LogP contribution in [0.3, 0.4) is 0 Å². The summed E-state index contributed by atoms with van der Waals surface area (Å²) in [5, 5.41) is 6.95. The van der Waals surface area contributed by atoms with E-state index in [9.17, 15) is 0 Å². The van der Waals surface area contributed by atoms with Crippen molar-refractivity contribution in [3.8, 4) is 0 Å². The molecule has 0 aliphatic carbocycles. The van der Waals surface area contributed by atoms with Gasteiger partial charge in [0, 0.05) is 34.7 Å². The molecule has 0 aromatic heterocycles. The normalized spacial score (nSPS) is 8.59. The molecule has 0 aliphatic heterocycles. The Morgan fingerprint density at radius 1 is 0.500 bits per heavy atom. The minimum absolute atomic E-state index is 0. The maximum absolute atomic E-state index is 7.50. The van der Waals surface area contributed by atoms with Gasteiger partial charge in [-0.2, -0.15) is 0 Å². The van der Waals surface area contributed by atoms with Crippen molar-refractivity contribution in [3.63, 3.8) is 0 Å². The van der Waals surface area contributed by atoms with Gasteiger partial charge in [-0.3, -0.25) is 0 Å². The third-order valence-electron chi connectivity index (χ3n) is 4.00. The maximum Gasteiger partial charge on any atom is 0 e. The van der Waals surface area contributed by atoms with Gasteiger partial charge in [0.05, 0.1) is 12.1 Å². The van der Waals surface area contributed by atoms with E-state index < -0.39 is 0 Å². The summed E-state index contributed by atoms with van der Waals surface area (Å²) in [6.45, 7) is 31.3. The van der Waals surface area contributed by atoms with Crippen LogP contribution in [0.2, 0.25) is 0 Å². The average Bonchev–Trinajstić information content (AvgIpc) is 2.91. The first kappa shape index (κ1) is 49.1. The second kappa shape index (κ2) is 41.1. The fourth-order valence-electron chi connectivity index (χ4n) is 2.87. The van der Waals surface area contributed by atoms with Crippen molar-refractivity contribution in [1.29, 1.82) is 0 Å². The van der Waals surface area contributed by atoms with Gasteiger partial charge in [0.1, 0.15) is 0 Å². The van der Waals surface area contributed by atoms with Gasteiger partial charge in [-0.15, -0.1) is 0 Å². The number of rotatable bonds is 5.